The van der Waals surface area contributed by atoms with Crippen molar-refractivity contribution >= 4 is 34.6 Å². The molecule has 1 heterocycles. The van der Waals surface area contributed by atoms with Gasteiger partial charge in [-0.15, -0.1) is 0 Å². The van der Waals surface area contributed by atoms with E-state index in [9.17, 15) is 4.79 Å². The lowest BCUT2D eigenvalue weighted by molar-refractivity contribution is 0.102. The Labute approximate surface area is 162 Å². The number of halogens is 1. The molecule has 7 heteroatoms. The molecule has 0 aliphatic carbocycles. The number of amides is 1. The molecule has 0 aliphatic heterocycles. The van der Waals surface area contributed by atoms with E-state index in [4.69, 9.17) is 21.1 Å². The van der Waals surface area contributed by atoms with Crippen molar-refractivity contribution < 1.29 is 14.3 Å². The highest BCUT2D eigenvalue weighted by Crippen LogP contribution is 2.27. The molecule has 2 N–H and O–H groups in total. The number of anilines is 3. The summed E-state index contributed by atoms with van der Waals surface area (Å²) in [5, 5.41) is 6.38. The number of ether oxygens (including phenoxy) is 2. The molecule has 0 fully saturated rings. The first-order valence-corrected chi connectivity index (χ1v) is 8.49. The van der Waals surface area contributed by atoms with Crippen LogP contribution >= 0.6 is 11.6 Å². The van der Waals surface area contributed by atoms with E-state index in [0.717, 1.165) is 17.1 Å². The van der Waals surface area contributed by atoms with Crippen LogP contribution in [0, 0.1) is 0 Å². The number of rotatable bonds is 6. The molecular formula is C20H18ClN3O3. The van der Waals surface area contributed by atoms with Gasteiger partial charge in [0.15, 0.2) is 0 Å². The number of carbonyl (C=O) groups excluding carboxylic acids is 1. The van der Waals surface area contributed by atoms with Crippen LogP contribution in [-0.4, -0.2) is 25.1 Å². The highest BCUT2D eigenvalue weighted by Gasteiger charge is 2.09. The van der Waals surface area contributed by atoms with E-state index in [2.05, 4.69) is 15.6 Å². The Kier molecular flexibility index (Phi) is 5.78. The summed E-state index contributed by atoms with van der Waals surface area (Å²) < 4.78 is 10.3. The molecule has 0 atom stereocenters. The Balaban J connectivity index is 1.67. The molecule has 0 unspecified atom stereocenters. The van der Waals surface area contributed by atoms with Gasteiger partial charge in [0.25, 0.3) is 5.91 Å². The summed E-state index contributed by atoms with van der Waals surface area (Å²) in [6.07, 6.45) is 1.59. The van der Waals surface area contributed by atoms with Crippen LogP contribution in [0.5, 0.6) is 11.5 Å². The van der Waals surface area contributed by atoms with Crippen LogP contribution in [0.4, 0.5) is 17.1 Å². The van der Waals surface area contributed by atoms with Gasteiger partial charge in [-0.1, -0.05) is 17.7 Å². The molecule has 1 amide bonds. The van der Waals surface area contributed by atoms with Crippen LogP contribution in [0.1, 0.15) is 10.5 Å². The summed E-state index contributed by atoms with van der Waals surface area (Å²) in [6, 6.07) is 16.0. The fraction of sp³-hybridized carbons (Fsp3) is 0.100. The van der Waals surface area contributed by atoms with Gasteiger partial charge in [0.2, 0.25) is 0 Å². The van der Waals surface area contributed by atoms with Crippen LogP contribution in [0.2, 0.25) is 5.02 Å². The van der Waals surface area contributed by atoms with Gasteiger partial charge in [0, 0.05) is 17.4 Å². The zero-order valence-electron chi connectivity index (χ0n) is 14.8. The van der Waals surface area contributed by atoms with Crippen LogP contribution < -0.4 is 20.1 Å². The molecule has 0 spiro atoms. The molecule has 27 heavy (non-hydrogen) atoms. The van der Waals surface area contributed by atoms with Crippen LogP contribution in [0.15, 0.2) is 60.8 Å². The van der Waals surface area contributed by atoms with E-state index in [-0.39, 0.29) is 11.6 Å². The largest absolute Gasteiger partial charge is 0.497 e. The maximum absolute atomic E-state index is 12.3. The Morgan fingerprint density at radius 1 is 0.963 bits per heavy atom. The molecule has 6 nitrogen and oxygen atoms in total. The standard InChI is InChI=1S/C20H18ClN3O3/c1-26-16-5-3-4-13(10-16)23-15-6-8-18(22-12-15)20(25)24-14-7-9-19(27-2)17(21)11-14/h3-12,23H,1-2H3,(H,24,25). The molecule has 0 saturated heterocycles. The second-order valence-electron chi connectivity index (χ2n) is 5.59. The second-order valence-corrected chi connectivity index (χ2v) is 6.00. The lowest BCUT2D eigenvalue weighted by atomic mass is 10.2. The lowest BCUT2D eigenvalue weighted by Gasteiger charge is -2.09. The van der Waals surface area contributed by atoms with E-state index < -0.39 is 0 Å². The fourth-order valence-corrected chi connectivity index (χ4v) is 2.67. The van der Waals surface area contributed by atoms with E-state index in [1.54, 1.807) is 43.6 Å². The lowest BCUT2D eigenvalue weighted by Crippen LogP contribution is -2.13. The summed E-state index contributed by atoms with van der Waals surface area (Å²) in [5.74, 6) is 0.965. The van der Waals surface area contributed by atoms with Gasteiger partial charge in [-0.3, -0.25) is 4.79 Å². The van der Waals surface area contributed by atoms with E-state index >= 15 is 0 Å². The molecular weight excluding hydrogens is 366 g/mol. The van der Waals surface area contributed by atoms with E-state index in [0.29, 0.717) is 16.5 Å². The fourth-order valence-electron chi connectivity index (χ4n) is 2.41. The first kappa shape index (κ1) is 18.5. The SMILES string of the molecule is COc1cccc(Nc2ccc(C(=O)Nc3ccc(OC)c(Cl)c3)nc2)c1. The number of nitrogens with zero attached hydrogens (tertiary/aromatic N) is 1. The third kappa shape index (κ3) is 4.68. The molecule has 0 aliphatic rings. The van der Waals surface area contributed by atoms with E-state index in [1.807, 2.05) is 24.3 Å². The zero-order valence-corrected chi connectivity index (χ0v) is 15.6. The highest BCUT2D eigenvalue weighted by atomic mass is 35.5. The predicted octanol–water partition coefficient (Wildman–Crippen LogP) is 4.75. The van der Waals surface area contributed by atoms with Gasteiger partial charge >= 0.3 is 0 Å². The number of carbonyl (C=O) groups is 1. The molecule has 0 radical (unpaired) electrons. The Hall–Kier alpha value is -3.25. The summed E-state index contributed by atoms with van der Waals surface area (Å²) in [7, 11) is 3.15. The first-order valence-electron chi connectivity index (χ1n) is 8.11. The zero-order chi connectivity index (χ0) is 19.2. The van der Waals surface area contributed by atoms with Crippen molar-refractivity contribution in [2.24, 2.45) is 0 Å². The topological polar surface area (TPSA) is 72.5 Å². The number of pyridine rings is 1. The third-order valence-corrected chi connectivity index (χ3v) is 4.06. The van der Waals surface area contributed by atoms with Crippen molar-refractivity contribution in [3.63, 3.8) is 0 Å². The Morgan fingerprint density at radius 2 is 1.78 bits per heavy atom. The smallest absolute Gasteiger partial charge is 0.274 e. The van der Waals surface area contributed by atoms with Crippen molar-refractivity contribution in [3.8, 4) is 11.5 Å². The number of aromatic nitrogens is 1. The minimum atomic E-state index is -0.329. The summed E-state index contributed by atoms with van der Waals surface area (Å²) in [4.78, 5) is 16.6. The van der Waals surface area contributed by atoms with Crippen molar-refractivity contribution in [2.45, 2.75) is 0 Å². The van der Waals surface area contributed by atoms with Crippen LogP contribution in [0.25, 0.3) is 0 Å². The van der Waals surface area contributed by atoms with Crippen molar-refractivity contribution in [1.29, 1.82) is 0 Å². The molecule has 138 valence electrons. The predicted molar refractivity (Wildman–Crippen MR) is 106 cm³/mol. The average molecular weight is 384 g/mol. The van der Waals surface area contributed by atoms with Gasteiger partial charge in [0.1, 0.15) is 17.2 Å². The van der Waals surface area contributed by atoms with Crippen molar-refractivity contribution in [1.82, 2.24) is 4.98 Å². The van der Waals surface area contributed by atoms with Gasteiger partial charge in [-0.05, 0) is 42.5 Å². The Morgan fingerprint density at radius 3 is 2.44 bits per heavy atom. The van der Waals surface area contributed by atoms with Gasteiger partial charge in [-0.2, -0.15) is 0 Å². The van der Waals surface area contributed by atoms with E-state index in [1.165, 1.54) is 7.11 Å². The number of hydrogen-bond donors (Lipinski definition) is 2. The second kappa shape index (κ2) is 8.42. The summed E-state index contributed by atoms with van der Waals surface area (Å²) >= 11 is 6.07. The number of methoxy groups -OCH3 is 2. The van der Waals surface area contributed by atoms with Gasteiger partial charge in [-0.25, -0.2) is 4.98 Å². The number of hydrogen-bond acceptors (Lipinski definition) is 5. The summed E-state index contributed by atoms with van der Waals surface area (Å²) in [6.45, 7) is 0. The number of nitrogens with one attached hydrogen (secondary N) is 2. The molecule has 0 bridgehead atoms. The number of benzene rings is 2. The van der Waals surface area contributed by atoms with Crippen LogP contribution in [0.3, 0.4) is 0 Å². The first-order chi connectivity index (χ1) is 13.1. The minimum absolute atomic E-state index is 0.290. The molecule has 3 aromatic rings. The average Bonchev–Trinajstić information content (AvgIpc) is 2.69. The third-order valence-electron chi connectivity index (χ3n) is 3.76. The Bertz CT molecular complexity index is 945. The molecule has 1 aromatic heterocycles. The normalized spacial score (nSPS) is 10.2. The minimum Gasteiger partial charge on any atom is -0.497 e. The molecule has 3 rings (SSSR count). The highest BCUT2D eigenvalue weighted by molar-refractivity contribution is 6.32. The molecule has 2 aromatic carbocycles. The van der Waals surface area contributed by atoms with Crippen molar-refractivity contribution in [3.05, 3.63) is 71.5 Å². The van der Waals surface area contributed by atoms with Crippen LogP contribution in [-0.2, 0) is 0 Å². The van der Waals surface area contributed by atoms with Crippen molar-refractivity contribution in [2.75, 3.05) is 24.9 Å². The van der Waals surface area contributed by atoms with Gasteiger partial charge in [0.05, 0.1) is 31.1 Å². The quantitative estimate of drug-likeness (QED) is 0.642. The molecule has 0 saturated carbocycles. The summed E-state index contributed by atoms with van der Waals surface area (Å²) in [5.41, 5.74) is 2.47. The maximum atomic E-state index is 12.3. The maximum Gasteiger partial charge on any atom is 0.274 e. The van der Waals surface area contributed by atoms with Gasteiger partial charge < -0.3 is 20.1 Å². The monoisotopic (exact) mass is 383 g/mol.